The molecular weight excluding hydrogens is 286 g/mol. The molecule has 0 spiro atoms. The lowest BCUT2D eigenvalue weighted by Crippen LogP contribution is -2.64. The van der Waals surface area contributed by atoms with Crippen molar-refractivity contribution in [3.05, 3.63) is 35.9 Å². The van der Waals surface area contributed by atoms with Gasteiger partial charge in [-0.3, -0.25) is 4.90 Å². The van der Waals surface area contributed by atoms with Gasteiger partial charge in [-0.25, -0.2) is 0 Å². The van der Waals surface area contributed by atoms with E-state index in [-0.39, 0.29) is 23.7 Å². The Morgan fingerprint density at radius 3 is 2.35 bits per heavy atom. The standard InChI is InChI=1S/C20H31NO2/c1-2-3-13-21(14-15-22)19-9-11-20(12-10-19,18(23)16-19)17-7-5-4-6-8-17/h4-8,18,22-23H,2-3,9-16H2,1H3/t18-,19?,20?/m1/s1. The molecule has 3 aliphatic rings. The molecule has 0 saturated heterocycles. The van der Waals surface area contributed by atoms with Crippen LogP contribution in [0.25, 0.3) is 0 Å². The first-order valence-electron chi connectivity index (χ1n) is 9.26. The fourth-order valence-corrected chi connectivity index (χ4v) is 5.01. The molecule has 4 rings (SSSR count). The minimum Gasteiger partial charge on any atom is -0.395 e. The van der Waals surface area contributed by atoms with E-state index in [9.17, 15) is 10.2 Å². The number of rotatable bonds is 7. The molecule has 0 heterocycles. The predicted octanol–water partition coefficient (Wildman–Crippen LogP) is 3.10. The summed E-state index contributed by atoms with van der Waals surface area (Å²) in [5, 5.41) is 20.5. The molecule has 1 aromatic rings. The largest absolute Gasteiger partial charge is 0.395 e. The van der Waals surface area contributed by atoms with Crippen LogP contribution in [0.2, 0.25) is 0 Å². The average Bonchev–Trinajstić information content (AvgIpc) is 2.60. The van der Waals surface area contributed by atoms with Crippen molar-refractivity contribution in [3.63, 3.8) is 0 Å². The van der Waals surface area contributed by atoms with E-state index in [1.165, 1.54) is 18.4 Å². The van der Waals surface area contributed by atoms with E-state index in [2.05, 4.69) is 42.2 Å². The average molecular weight is 317 g/mol. The Labute approximate surface area is 140 Å². The number of aliphatic hydroxyl groups is 2. The van der Waals surface area contributed by atoms with Gasteiger partial charge in [0, 0.05) is 17.5 Å². The number of hydrogen-bond acceptors (Lipinski definition) is 3. The maximum Gasteiger partial charge on any atom is 0.0654 e. The van der Waals surface area contributed by atoms with E-state index in [4.69, 9.17) is 0 Å². The topological polar surface area (TPSA) is 43.7 Å². The number of aliphatic hydroxyl groups excluding tert-OH is 2. The lowest BCUT2D eigenvalue weighted by molar-refractivity contribution is -0.102. The van der Waals surface area contributed by atoms with Crippen molar-refractivity contribution in [1.82, 2.24) is 4.90 Å². The maximum absolute atomic E-state index is 11.0. The van der Waals surface area contributed by atoms with Crippen molar-refractivity contribution >= 4 is 0 Å². The first-order chi connectivity index (χ1) is 11.2. The zero-order valence-corrected chi connectivity index (χ0v) is 14.4. The number of hydrogen-bond donors (Lipinski definition) is 2. The molecule has 0 aromatic heterocycles. The highest BCUT2D eigenvalue weighted by atomic mass is 16.3. The molecule has 0 radical (unpaired) electrons. The van der Waals surface area contributed by atoms with Crippen molar-refractivity contribution < 1.29 is 10.2 Å². The Bertz CT molecular complexity index is 494. The van der Waals surface area contributed by atoms with Gasteiger partial charge in [0.15, 0.2) is 0 Å². The van der Waals surface area contributed by atoms with Crippen LogP contribution in [0.4, 0.5) is 0 Å². The van der Waals surface area contributed by atoms with Gasteiger partial charge in [0.1, 0.15) is 0 Å². The smallest absolute Gasteiger partial charge is 0.0654 e. The van der Waals surface area contributed by atoms with Crippen LogP contribution in [0.15, 0.2) is 30.3 Å². The molecule has 3 aliphatic carbocycles. The molecule has 23 heavy (non-hydrogen) atoms. The molecular formula is C20H31NO2. The molecule has 0 unspecified atom stereocenters. The Balaban J connectivity index is 1.81. The summed E-state index contributed by atoms with van der Waals surface area (Å²) in [6.45, 7) is 4.21. The van der Waals surface area contributed by atoms with Crippen LogP contribution in [-0.4, -0.2) is 46.5 Å². The summed E-state index contributed by atoms with van der Waals surface area (Å²) in [6, 6.07) is 10.6. The van der Waals surface area contributed by atoms with Crippen LogP contribution in [0.1, 0.15) is 57.4 Å². The molecule has 128 valence electrons. The Morgan fingerprint density at radius 1 is 1.09 bits per heavy atom. The summed E-state index contributed by atoms with van der Waals surface area (Å²) in [5.74, 6) is 0. The molecule has 2 N–H and O–H groups in total. The van der Waals surface area contributed by atoms with Gasteiger partial charge < -0.3 is 10.2 Å². The lowest BCUT2D eigenvalue weighted by atomic mass is 9.53. The highest BCUT2D eigenvalue weighted by Crippen LogP contribution is 2.55. The van der Waals surface area contributed by atoms with E-state index < -0.39 is 0 Å². The molecule has 0 aliphatic heterocycles. The van der Waals surface area contributed by atoms with Crippen LogP contribution in [0, 0.1) is 0 Å². The normalized spacial score (nSPS) is 33.3. The Morgan fingerprint density at radius 2 is 1.78 bits per heavy atom. The first kappa shape index (κ1) is 16.9. The minimum absolute atomic E-state index is 0.0430. The number of β-amino-alcohol motifs (C(OH)–C–C–N with tert-alkyl or cyclic N) is 1. The van der Waals surface area contributed by atoms with Crippen LogP contribution >= 0.6 is 0 Å². The van der Waals surface area contributed by atoms with E-state index >= 15 is 0 Å². The number of benzene rings is 1. The summed E-state index contributed by atoms with van der Waals surface area (Å²) in [4.78, 5) is 2.48. The quantitative estimate of drug-likeness (QED) is 0.812. The van der Waals surface area contributed by atoms with Gasteiger partial charge >= 0.3 is 0 Å². The third-order valence-corrected chi connectivity index (χ3v) is 6.46. The second kappa shape index (κ2) is 6.92. The van der Waals surface area contributed by atoms with Gasteiger partial charge in [-0.05, 0) is 50.6 Å². The summed E-state index contributed by atoms with van der Waals surface area (Å²) in [7, 11) is 0. The van der Waals surface area contributed by atoms with Gasteiger partial charge in [0.05, 0.1) is 12.7 Å². The summed E-state index contributed by atoms with van der Waals surface area (Å²) >= 11 is 0. The molecule has 3 fully saturated rings. The number of nitrogens with zero attached hydrogens (tertiary/aromatic N) is 1. The summed E-state index contributed by atoms with van der Waals surface area (Å²) < 4.78 is 0. The van der Waals surface area contributed by atoms with Gasteiger partial charge in [0.25, 0.3) is 0 Å². The molecule has 3 saturated carbocycles. The Hall–Kier alpha value is -0.900. The van der Waals surface area contributed by atoms with E-state index in [1.54, 1.807) is 0 Å². The number of fused-ring (bicyclic) bond motifs is 3. The highest BCUT2D eigenvalue weighted by molar-refractivity contribution is 5.31. The van der Waals surface area contributed by atoms with Crippen molar-refractivity contribution in [2.45, 2.75) is 68.9 Å². The third kappa shape index (κ3) is 2.95. The van der Waals surface area contributed by atoms with Crippen LogP contribution in [0.5, 0.6) is 0 Å². The molecule has 1 atom stereocenters. The minimum atomic E-state index is -0.268. The van der Waals surface area contributed by atoms with E-state index in [0.717, 1.165) is 45.2 Å². The van der Waals surface area contributed by atoms with Gasteiger partial charge in [-0.15, -0.1) is 0 Å². The SMILES string of the molecule is CCCCN(CCO)C12CCC(c3ccccc3)(CC1)[C@H](O)C2. The van der Waals surface area contributed by atoms with E-state index in [0.29, 0.717) is 0 Å². The maximum atomic E-state index is 11.0. The van der Waals surface area contributed by atoms with Gasteiger partial charge in [-0.2, -0.15) is 0 Å². The van der Waals surface area contributed by atoms with Crippen LogP contribution in [0.3, 0.4) is 0 Å². The monoisotopic (exact) mass is 317 g/mol. The molecule has 1 aromatic carbocycles. The Kier molecular flexibility index (Phi) is 5.10. The van der Waals surface area contributed by atoms with Crippen molar-refractivity contribution in [2.24, 2.45) is 0 Å². The fourth-order valence-electron chi connectivity index (χ4n) is 5.01. The van der Waals surface area contributed by atoms with Gasteiger partial charge in [-0.1, -0.05) is 43.7 Å². The van der Waals surface area contributed by atoms with Crippen molar-refractivity contribution in [2.75, 3.05) is 19.7 Å². The van der Waals surface area contributed by atoms with E-state index in [1.807, 2.05) is 0 Å². The number of unbranched alkanes of at least 4 members (excludes halogenated alkanes) is 1. The summed E-state index contributed by atoms with van der Waals surface area (Å²) in [6.07, 6.45) is 7.33. The van der Waals surface area contributed by atoms with Crippen molar-refractivity contribution in [1.29, 1.82) is 0 Å². The zero-order chi connectivity index (χ0) is 16.3. The molecule has 0 amide bonds. The second-order valence-electron chi connectivity index (χ2n) is 7.53. The summed E-state index contributed by atoms with van der Waals surface area (Å²) in [5.41, 5.74) is 1.37. The first-order valence-corrected chi connectivity index (χ1v) is 9.26. The van der Waals surface area contributed by atoms with Crippen LogP contribution in [-0.2, 0) is 5.41 Å². The van der Waals surface area contributed by atoms with Crippen LogP contribution < -0.4 is 0 Å². The predicted molar refractivity (Wildman–Crippen MR) is 93.5 cm³/mol. The second-order valence-corrected chi connectivity index (χ2v) is 7.53. The highest BCUT2D eigenvalue weighted by Gasteiger charge is 2.56. The fraction of sp³-hybridized carbons (Fsp3) is 0.700. The van der Waals surface area contributed by atoms with Crippen molar-refractivity contribution in [3.8, 4) is 0 Å². The molecule has 3 nitrogen and oxygen atoms in total. The third-order valence-electron chi connectivity index (χ3n) is 6.46. The lowest BCUT2D eigenvalue weighted by Gasteiger charge is -2.60. The molecule has 3 heteroatoms. The zero-order valence-electron chi connectivity index (χ0n) is 14.4. The molecule has 2 bridgehead atoms. The van der Waals surface area contributed by atoms with Gasteiger partial charge in [0.2, 0.25) is 0 Å².